The number of unbranched alkanes of at least 4 members (excludes halogenated alkanes) is 15. The van der Waals surface area contributed by atoms with Gasteiger partial charge in [-0.15, -0.1) is 0 Å². The molecule has 0 amide bonds. The zero-order valence-corrected chi connectivity index (χ0v) is 43.3. The maximum absolute atomic E-state index is 12.8. The minimum absolute atomic E-state index is 0.0266. The molecule has 0 radical (unpaired) electrons. The van der Waals surface area contributed by atoms with Crippen molar-refractivity contribution in [2.24, 2.45) is 0 Å². The number of carbonyl (C=O) groups excluding carboxylic acids is 2. The maximum atomic E-state index is 12.8. The van der Waals surface area contributed by atoms with E-state index in [1.807, 2.05) is 12.2 Å². The van der Waals surface area contributed by atoms with Crippen LogP contribution in [0.3, 0.4) is 0 Å². The summed E-state index contributed by atoms with van der Waals surface area (Å²) in [5, 5.41) is 20.9. The Morgan fingerprint density at radius 2 is 1.17 bits per heavy atom. The van der Waals surface area contributed by atoms with Crippen LogP contribution in [-0.4, -0.2) is 85.7 Å². The number of hydrogen-bond donors (Lipinski definition) is 5. The Morgan fingerprint density at radius 1 is 0.686 bits per heavy atom. The molecule has 1 aromatic rings. The fourth-order valence-corrected chi connectivity index (χ4v) is 9.23. The molecule has 0 aliphatic carbocycles. The minimum Gasteiger partial charge on any atom is -0.462 e. The number of nitrogens with zero attached hydrogens (tertiary/aromatic N) is 2. The van der Waals surface area contributed by atoms with Crippen LogP contribution in [0.25, 0.3) is 0 Å². The average molecular weight is 1030 g/mol. The Kier molecular flexibility index (Phi) is 34.1. The molecule has 2 heterocycles. The van der Waals surface area contributed by atoms with E-state index in [2.05, 4.69) is 71.8 Å². The van der Waals surface area contributed by atoms with Crippen molar-refractivity contribution >= 4 is 33.4 Å². The summed E-state index contributed by atoms with van der Waals surface area (Å²) in [4.78, 5) is 61.9. The van der Waals surface area contributed by atoms with Crippen molar-refractivity contribution in [3.63, 3.8) is 0 Å². The van der Waals surface area contributed by atoms with Crippen LogP contribution in [-0.2, 0) is 46.3 Å². The van der Waals surface area contributed by atoms with Crippen molar-refractivity contribution in [1.82, 2.24) is 9.55 Å². The lowest BCUT2D eigenvalue weighted by Gasteiger charge is -2.21. The molecular weight excluding hydrogens is 945 g/mol. The van der Waals surface area contributed by atoms with E-state index in [-0.39, 0.29) is 18.7 Å². The summed E-state index contributed by atoms with van der Waals surface area (Å²) in [6.07, 6.45) is 37.4. The van der Waals surface area contributed by atoms with Crippen LogP contribution >= 0.6 is 15.6 Å². The van der Waals surface area contributed by atoms with Gasteiger partial charge < -0.3 is 39.9 Å². The van der Waals surface area contributed by atoms with Crippen molar-refractivity contribution in [3.8, 4) is 0 Å². The van der Waals surface area contributed by atoms with Gasteiger partial charge in [0, 0.05) is 19.0 Å². The topological polar surface area (TPSA) is 265 Å². The number of esters is 2. The second-order valence-electron chi connectivity index (χ2n) is 17.3. The van der Waals surface area contributed by atoms with Gasteiger partial charge in [-0.3, -0.25) is 23.2 Å². The Balaban J connectivity index is 1.83. The van der Waals surface area contributed by atoms with Crippen LogP contribution < -0.4 is 11.4 Å². The predicted molar refractivity (Wildman–Crippen MR) is 270 cm³/mol. The van der Waals surface area contributed by atoms with E-state index in [9.17, 15) is 43.5 Å². The molecule has 0 bridgehead atoms. The first-order chi connectivity index (χ1) is 33.7. The second-order valence-corrected chi connectivity index (χ2v) is 20.4. The molecule has 398 valence electrons. The molecule has 0 aromatic carbocycles. The standard InChI is InChI=1S/C50H83N3O15P2/c1-3-5-7-9-11-13-15-17-19-20-22-23-25-27-29-31-33-35-45(54)63-39-42(66-46(55)36-34-32-30-28-26-24-21-18-16-14-12-10-8-6-4-2)40-64-69(59,60)68-70(61,62)65-41-43-47(56)48(57)49(67-43)53-38-37-44(51)52-50(53)58/h11,13,17-19,21-23,27,29,37-38,42-43,47-49,56-57H,3-10,12,14-16,20,24-26,28,30-36,39-41H2,1-2H3,(H,59,60)(H,61,62)(H2,51,52,58)/b13-11-,19-17-,21-18-,23-22-,29-27-/t42-,43-,47+,48?,49-/m1/s1. The molecule has 1 saturated heterocycles. The molecule has 7 atom stereocenters. The van der Waals surface area contributed by atoms with E-state index in [1.165, 1.54) is 63.9 Å². The molecule has 3 unspecified atom stereocenters. The molecular formula is C50H83N3O15P2. The van der Waals surface area contributed by atoms with Crippen LogP contribution in [0.5, 0.6) is 0 Å². The monoisotopic (exact) mass is 1030 g/mol. The normalized spacial score (nSPS) is 19.7. The van der Waals surface area contributed by atoms with Crippen LogP contribution in [0, 0.1) is 0 Å². The third-order valence-electron chi connectivity index (χ3n) is 11.1. The molecule has 0 spiro atoms. The molecule has 0 saturated carbocycles. The number of rotatable bonds is 41. The molecule has 1 fully saturated rings. The summed E-state index contributed by atoms with van der Waals surface area (Å²) in [5.74, 6) is -1.38. The molecule has 20 heteroatoms. The zero-order valence-electron chi connectivity index (χ0n) is 41.6. The Bertz CT molecular complexity index is 1910. The predicted octanol–water partition coefficient (Wildman–Crippen LogP) is 10.3. The third-order valence-corrected chi connectivity index (χ3v) is 13.7. The fourth-order valence-electron chi connectivity index (χ4n) is 7.12. The molecule has 1 aliphatic heterocycles. The van der Waals surface area contributed by atoms with Crippen molar-refractivity contribution < 1.29 is 66.3 Å². The first-order valence-electron chi connectivity index (χ1n) is 25.3. The number of allylic oxidation sites excluding steroid dienone is 10. The van der Waals surface area contributed by atoms with E-state index in [0.717, 1.165) is 75.0 Å². The van der Waals surface area contributed by atoms with Gasteiger partial charge in [-0.25, -0.2) is 13.9 Å². The minimum atomic E-state index is -5.44. The summed E-state index contributed by atoms with van der Waals surface area (Å²) in [6.45, 7) is 2.06. The Hall–Kier alpha value is -3.54. The molecule has 18 nitrogen and oxygen atoms in total. The van der Waals surface area contributed by atoms with Crippen LogP contribution in [0.4, 0.5) is 5.82 Å². The van der Waals surface area contributed by atoms with Gasteiger partial charge in [-0.2, -0.15) is 9.29 Å². The molecule has 70 heavy (non-hydrogen) atoms. The highest BCUT2D eigenvalue weighted by Gasteiger charge is 2.46. The van der Waals surface area contributed by atoms with E-state index in [4.69, 9.17) is 29.0 Å². The number of phosphoric acid groups is 2. The van der Waals surface area contributed by atoms with Gasteiger partial charge in [-0.05, 0) is 83.1 Å². The lowest BCUT2D eigenvalue weighted by atomic mass is 10.1. The molecule has 1 aromatic heterocycles. The number of aliphatic hydroxyl groups is 2. The SMILES string of the molecule is CCCCC/C=C\C/C=C\C/C=C\C/C=C\CCCC(=O)OC[C@H](COP(=O)(O)OP(=O)(O)OC[C@H]1O[C@@H](n2ccc(N)nc2=O)C(O)[C@H]1O)OC(=O)CCCCCCC/C=C\CCCCCCCC. The van der Waals surface area contributed by atoms with Gasteiger partial charge in [0.25, 0.3) is 0 Å². The molecule has 2 rings (SSSR count). The van der Waals surface area contributed by atoms with Crippen molar-refractivity contribution in [3.05, 3.63) is 83.5 Å². The summed E-state index contributed by atoms with van der Waals surface area (Å²) >= 11 is 0. The largest absolute Gasteiger partial charge is 0.481 e. The van der Waals surface area contributed by atoms with Gasteiger partial charge in [0.15, 0.2) is 12.3 Å². The van der Waals surface area contributed by atoms with Crippen molar-refractivity contribution in [2.45, 2.75) is 199 Å². The lowest BCUT2D eigenvalue weighted by Crippen LogP contribution is -2.36. The van der Waals surface area contributed by atoms with Crippen LogP contribution in [0.1, 0.15) is 174 Å². The number of nitrogens with two attached hydrogens (primary N) is 1. The second kappa shape index (κ2) is 38.1. The van der Waals surface area contributed by atoms with E-state index in [0.29, 0.717) is 19.3 Å². The third kappa shape index (κ3) is 30.4. The number of phosphoric ester groups is 2. The summed E-state index contributed by atoms with van der Waals surface area (Å²) in [6, 6.07) is 1.24. The van der Waals surface area contributed by atoms with E-state index in [1.54, 1.807) is 0 Å². The quantitative estimate of drug-likeness (QED) is 0.0177. The average Bonchev–Trinajstić information content (AvgIpc) is 3.59. The highest BCUT2D eigenvalue weighted by molar-refractivity contribution is 7.61. The molecule has 1 aliphatic rings. The van der Waals surface area contributed by atoms with Gasteiger partial charge in [0.05, 0.1) is 13.2 Å². The lowest BCUT2D eigenvalue weighted by molar-refractivity contribution is -0.161. The summed E-state index contributed by atoms with van der Waals surface area (Å²) < 4.78 is 56.7. The first kappa shape index (κ1) is 62.6. The number of ether oxygens (including phenoxy) is 3. The maximum Gasteiger partial charge on any atom is 0.481 e. The number of aromatic nitrogens is 2. The van der Waals surface area contributed by atoms with Gasteiger partial charge in [0.1, 0.15) is 30.7 Å². The first-order valence-corrected chi connectivity index (χ1v) is 28.3. The van der Waals surface area contributed by atoms with Gasteiger partial charge >= 0.3 is 33.3 Å². The Morgan fingerprint density at radius 3 is 1.77 bits per heavy atom. The zero-order chi connectivity index (χ0) is 51.3. The summed E-state index contributed by atoms with van der Waals surface area (Å²) in [5.41, 5.74) is 4.58. The van der Waals surface area contributed by atoms with Crippen molar-refractivity contribution in [2.75, 3.05) is 25.6 Å². The number of aliphatic hydroxyl groups excluding tert-OH is 2. The highest BCUT2D eigenvalue weighted by Crippen LogP contribution is 2.60. The number of hydrogen-bond acceptors (Lipinski definition) is 15. The number of nitrogen functional groups attached to an aromatic ring is 1. The number of anilines is 1. The Labute approximate surface area is 415 Å². The smallest absolute Gasteiger partial charge is 0.462 e. The number of carbonyl (C=O) groups is 2. The van der Waals surface area contributed by atoms with E-state index < -0.39 is 83.7 Å². The fraction of sp³-hybridized carbons (Fsp3) is 0.680. The van der Waals surface area contributed by atoms with E-state index >= 15 is 0 Å². The van der Waals surface area contributed by atoms with Crippen LogP contribution in [0.2, 0.25) is 0 Å². The van der Waals surface area contributed by atoms with Crippen molar-refractivity contribution in [1.29, 1.82) is 0 Å². The molecule has 6 N–H and O–H groups in total. The van der Waals surface area contributed by atoms with Gasteiger partial charge in [0.2, 0.25) is 0 Å². The van der Waals surface area contributed by atoms with Gasteiger partial charge in [-0.1, -0.05) is 139 Å². The van der Waals surface area contributed by atoms with Crippen LogP contribution in [0.15, 0.2) is 77.8 Å². The highest BCUT2D eigenvalue weighted by atomic mass is 31.3. The summed E-state index contributed by atoms with van der Waals surface area (Å²) in [7, 11) is -10.9.